The fraction of sp³-hybridized carbons (Fsp3) is 0.182. The van der Waals surface area contributed by atoms with Gasteiger partial charge in [-0.25, -0.2) is 0 Å². The number of nitrogens with two attached hydrogens (primary N) is 1. The van der Waals surface area contributed by atoms with E-state index in [-0.39, 0.29) is 6.04 Å². The molecule has 0 saturated carbocycles. The van der Waals surface area contributed by atoms with Crippen molar-refractivity contribution >= 4 is 11.6 Å². The molecule has 4 nitrogen and oxygen atoms in total. The molecule has 0 aliphatic carbocycles. The van der Waals surface area contributed by atoms with Gasteiger partial charge in [-0.05, 0) is 24.3 Å². The second-order valence-corrected chi connectivity index (χ2v) is 3.78. The van der Waals surface area contributed by atoms with Crippen LogP contribution in [0.15, 0.2) is 41.1 Å². The average molecular weight is 238 g/mol. The summed E-state index contributed by atoms with van der Waals surface area (Å²) in [6.07, 6.45) is 3.93. The minimum Gasteiger partial charge on any atom is -0.469 e. The number of aromatic nitrogens is 1. The second-order valence-electron chi connectivity index (χ2n) is 3.37. The Bertz CT molecular complexity index is 444. The van der Waals surface area contributed by atoms with Gasteiger partial charge in [-0.1, -0.05) is 11.6 Å². The van der Waals surface area contributed by atoms with Crippen LogP contribution in [-0.4, -0.2) is 4.98 Å². The van der Waals surface area contributed by atoms with Crippen LogP contribution in [0.3, 0.4) is 0 Å². The lowest BCUT2D eigenvalue weighted by Crippen LogP contribution is -2.30. The maximum absolute atomic E-state index is 6.05. The first-order valence-corrected chi connectivity index (χ1v) is 5.28. The van der Waals surface area contributed by atoms with E-state index in [9.17, 15) is 0 Å². The summed E-state index contributed by atoms with van der Waals surface area (Å²) in [5, 5.41) is 0.594. The first-order chi connectivity index (χ1) is 7.81. The van der Waals surface area contributed by atoms with Crippen molar-refractivity contribution in [3.63, 3.8) is 0 Å². The quantitative estimate of drug-likeness (QED) is 0.631. The van der Waals surface area contributed by atoms with Gasteiger partial charge in [-0.2, -0.15) is 0 Å². The number of hydrazine groups is 1. The van der Waals surface area contributed by atoms with Gasteiger partial charge in [0.2, 0.25) is 0 Å². The number of hydrogen-bond acceptors (Lipinski definition) is 4. The molecular formula is C11H12ClN3O. The van der Waals surface area contributed by atoms with Crippen LogP contribution in [0.1, 0.15) is 17.5 Å². The van der Waals surface area contributed by atoms with E-state index in [1.807, 2.05) is 12.1 Å². The molecule has 84 valence electrons. The van der Waals surface area contributed by atoms with Crippen LogP contribution in [0.5, 0.6) is 0 Å². The Hall–Kier alpha value is -1.36. The molecule has 2 aromatic rings. The smallest absolute Gasteiger partial charge is 0.105 e. The SMILES string of the molecule is NNC(Cc1ccco1)c1ncccc1Cl. The molecule has 0 radical (unpaired) electrons. The Morgan fingerprint density at radius 2 is 2.31 bits per heavy atom. The van der Waals surface area contributed by atoms with Crippen LogP contribution in [0.25, 0.3) is 0 Å². The molecule has 3 N–H and O–H groups in total. The van der Waals surface area contributed by atoms with Gasteiger partial charge in [0.25, 0.3) is 0 Å². The van der Waals surface area contributed by atoms with Gasteiger partial charge < -0.3 is 4.42 Å². The number of nitrogens with one attached hydrogen (secondary N) is 1. The van der Waals surface area contributed by atoms with Gasteiger partial charge >= 0.3 is 0 Å². The topological polar surface area (TPSA) is 64.1 Å². The molecule has 0 spiro atoms. The fourth-order valence-corrected chi connectivity index (χ4v) is 1.77. The van der Waals surface area contributed by atoms with E-state index in [4.69, 9.17) is 21.9 Å². The molecule has 2 heterocycles. The first kappa shape index (κ1) is 11.1. The number of halogens is 1. The lowest BCUT2D eigenvalue weighted by molar-refractivity contribution is 0.450. The molecule has 0 aliphatic heterocycles. The van der Waals surface area contributed by atoms with Crippen molar-refractivity contribution in [2.45, 2.75) is 12.5 Å². The highest BCUT2D eigenvalue weighted by Crippen LogP contribution is 2.22. The highest BCUT2D eigenvalue weighted by molar-refractivity contribution is 6.31. The molecule has 1 atom stereocenters. The summed E-state index contributed by atoms with van der Waals surface area (Å²) in [5.74, 6) is 6.34. The normalized spacial score (nSPS) is 12.6. The van der Waals surface area contributed by atoms with Gasteiger partial charge in [-0.15, -0.1) is 0 Å². The van der Waals surface area contributed by atoms with Gasteiger partial charge in [0.15, 0.2) is 0 Å². The predicted molar refractivity (Wildman–Crippen MR) is 61.7 cm³/mol. The maximum atomic E-state index is 6.05. The number of rotatable bonds is 4. The van der Waals surface area contributed by atoms with E-state index in [0.717, 1.165) is 11.5 Å². The molecule has 0 bridgehead atoms. The van der Waals surface area contributed by atoms with E-state index < -0.39 is 0 Å². The maximum Gasteiger partial charge on any atom is 0.105 e. The number of furan rings is 1. The van der Waals surface area contributed by atoms with Crippen molar-refractivity contribution in [2.24, 2.45) is 5.84 Å². The summed E-state index contributed by atoms with van der Waals surface area (Å²) < 4.78 is 5.26. The molecular weight excluding hydrogens is 226 g/mol. The molecule has 5 heteroatoms. The van der Waals surface area contributed by atoms with Crippen LogP contribution in [0.4, 0.5) is 0 Å². The van der Waals surface area contributed by atoms with E-state index in [1.165, 1.54) is 0 Å². The summed E-state index contributed by atoms with van der Waals surface area (Å²) in [6, 6.07) is 7.15. The summed E-state index contributed by atoms with van der Waals surface area (Å²) in [4.78, 5) is 4.21. The van der Waals surface area contributed by atoms with Gasteiger partial charge in [-0.3, -0.25) is 16.3 Å². The fourth-order valence-electron chi connectivity index (χ4n) is 1.52. The van der Waals surface area contributed by atoms with Gasteiger partial charge in [0, 0.05) is 12.6 Å². The summed E-state index contributed by atoms with van der Waals surface area (Å²) in [6.45, 7) is 0. The lowest BCUT2D eigenvalue weighted by Gasteiger charge is -2.14. The zero-order chi connectivity index (χ0) is 11.4. The highest BCUT2D eigenvalue weighted by atomic mass is 35.5. The summed E-state index contributed by atoms with van der Waals surface area (Å²) >= 11 is 6.05. The third kappa shape index (κ3) is 2.41. The molecule has 2 rings (SSSR count). The molecule has 0 saturated heterocycles. The molecule has 0 aliphatic rings. The van der Waals surface area contributed by atoms with E-state index >= 15 is 0 Å². The molecule has 16 heavy (non-hydrogen) atoms. The van der Waals surface area contributed by atoms with Crippen LogP contribution in [0.2, 0.25) is 5.02 Å². The third-order valence-electron chi connectivity index (χ3n) is 2.30. The molecule has 1 unspecified atom stereocenters. The van der Waals surface area contributed by atoms with Crippen molar-refractivity contribution in [3.05, 3.63) is 53.2 Å². The largest absolute Gasteiger partial charge is 0.469 e. The van der Waals surface area contributed by atoms with Crippen molar-refractivity contribution < 1.29 is 4.42 Å². The van der Waals surface area contributed by atoms with Gasteiger partial charge in [0.1, 0.15) is 5.76 Å². The average Bonchev–Trinajstić information content (AvgIpc) is 2.80. The molecule has 0 amide bonds. The van der Waals surface area contributed by atoms with Crippen LogP contribution < -0.4 is 11.3 Å². The third-order valence-corrected chi connectivity index (χ3v) is 2.62. The van der Waals surface area contributed by atoms with Crippen LogP contribution in [0, 0.1) is 0 Å². The Labute approximate surface area is 98.4 Å². The Morgan fingerprint density at radius 1 is 1.44 bits per heavy atom. The Morgan fingerprint density at radius 3 is 2.94 bits per heavy atom. The van der Waals surface area contributed by atoms with Crippen LogP contribution >= 0.6 is 11.6 Å². The Balaban J connectivity index is 2.20. The van der Waals surface area contributed by atoms with Crippen molar-refractivity contribution in [3.8, 4) is 0 Å². The number of nitrogens with zero attached hydrogens (tertiary/aromatic N) is 1. The van der Waals surface area contributed by atoms with E-state index in [0.29, 0.717) is 11.4 Å². The minimum atomic E-state index is -0.153. The monoisotopic (exact) mass is 237 g/mol. The number of hydrogen-bond donors (Lipinski definition) is 2. The van der Waals surface area contributed by atoms with Gasteiger partial charge in [0.05, 0.1) is 23.0 Å². The van der Waals surface area contributed by atoms with E-state index in [2.05, 4.69) is 10.4 Å². The second kappa shape index (κ2) is 5.12. The van der Waals surface area contributed by atoms with Crippen molar-refractivity contribution in [1.82, 2.24) is 10.4 Å². The van der Waals surface area contributed by atoms with Crippen LogP contribution in [-0.2, 0) is 6.42 Å². The zero-order valence-corrected chi connectivity index (χ0v) is 9.32. The standard InChI is InChI=1S/C11H12ClN3O/c12-9-4-1-5-14-11(9)10(15-13)7-8-3-2-6-16-8/h1-6,10,15H,7,13H2. The zero-order valence-electron chi connectivity index (χ0n) is 8.56. The van der Waals surface area contributed by atoms with E-state index in [1.54, 1.807) is 24.6 Å². The van der Waals surface area contributed by atoms with Crippen molar-refractivity contribution in [2.75, 3.05) is 0 Å². The Kier molecular flexibility index (Phi) is 3.56. The summed E-state index contributed by atoms with van der Waals surface area (Å²) in [5.41, 5.74) is 3.42. The molecule has 2 aromatic heterocycles. The molecule has 0 aromatic carbocycles. The molecule has 0 fully saturated rings. The highest BCUT2D eigenvalue weighted by Gasteiger charge is 2.16. The predicted octanol–water partition coefficient (Wildman–Crippen LogP) is 2.08. The number of pyridine rings is 1. The van der Waals surface area contributed by atoms with Crippen molar-refractivity contribution in [1.29, 1.82) is 0 Å². The lowest BCUT2D eigenvalue weighted by atomic mass is 10.1. The minimum absolute atomic E-state index is 0.153. The summed E-state index contributed by atoms with van der Waals surface area (Å²) in [7, 11) is 0. The first-order valence-electron chi connectivity index (χ1n) is 4.90.